The molecular weight excluding hydrogens is 168 g/mol. The molecule has 4 nitrogen and oxygen atoms in total. The van der Waals surface area contributed by atoms with E-state index in [1.54, 1.807) is 37.8 Å². The number of methoxy groups -OCH3 is 1. The van der Waals surface area contributed by atoms with Crippen molar-refractivity contribution in [1.29, 1.82) is 0 Å². The smallest absolute Gasteiger partial charge is 0.172 e. The average Bonchev–Trinajstić information content (AvgIpc) is 2.70. The van der Waals surface area contributed by atoms with Gasteiger partial charge in [0.2, 0.25) is 0 Å². The molecule has 2 heterocycles. The van der Waals surface area contributed by atoms with Gasteiger partial charge in [-0.2, -0.15) is 0 Å². The number of hydrogen-bond acceptors (Lipinski definition) is 4. The van der Waals surface area contributed by atoms with Crippen molar-refractivity contribution >= 4 is 0 Å². The van der Waals surface area contributed by atoms with Gasteiger partial charge in [0.25, 0.3) is 0 Å². The van der Waals surface area contributed by atoms with E-state index in [-0.39, 0.29) is 0 Å². The molecule has 0 aliphatic rings. The van der Waals surface area contributed by atoms with Crippen molar-refractivity contribution < 1.29 is 9.26 Å². The minimum atomic E-state index is 0.657. The Morgan fingerprint density at radius 1 is 1.31 bits per heavy atom. The Labute approximate surface area is 75.2 Å². The molecule has 13 heavy (non-hydrogen) atoms. The van der Waals surface area contributed by atoms with Gasteiger partial charge in [-0.3, -0.25) is 4.98 Å². The Hall–Kier alpha value is -1.84. The van der Waals surface area contributed by atoms with Crippen LogP contribution in [0.1, 0.15) is 0 Å². The van der Waals surface area contributed by atoms with E-state index in [9.17, 15) is 0 Å². The highest BCUT2D eigenvalue weighted by Crippen LogP contribution is 2.27. The third kappa shape index (κ3) is 1.38. The highest BCUT2D eigenvalue weighted by molar-refractivity contribution is 5.63. The summed E-state index contributed by atoms with van der Waals surface area (Å²) in [5.74, 6) is 1.39. The van der Waals surface area contributed by atoms with Gasteiger partial charge in [-0.1, -0.05) is 5.16 Å². The lowest BCUT2D eigenvalue weighted by atomic mass is 10.2. The van der Waals surface area contributed by atoms with E-state index in [1.807, 2.05) is 0 Å². The van der Waals surface area contributed by atoms with Crippen LogP contribution in [0.4, 0.5) is 0 Å². The van der Waals surface area contributed by atoms with Crippen molar-refractivity contribution in [2.45, 2.75) is 0 Å². The number of aromatic nitrogens is 2. The summed E-state index contributed by atoms with van der Waals surface area (Å²) in [6.07, 6.45) is 4.93. The quantitative estimate of drug-likeness (QED) is 0.699. The fraction of sp³-hybridized carbons (Fsp3) is 0.111. The average molecular weight is 176 g/mol. The van der Waals surface area contributed by atoms with Crippen molar-refractivity contribution in [3.8, 4) is 17.1 Å². The second kappa shape index (κ2) is 3.26. The van der Waals surface area contributed by atoms with E-state index in [0.29, 0.717) is 5.76 Å². The molecule has 0 fully saturated rings. The Morgan fingerprint density at radius 2 is 2.23 bits per heavy atom. The van der Waals surface area contributed by atoms with Gasteiger partial charge >= 0.3 is 0 Å². The normalized spacial score (nSPS) is 9.92. The Morgan fingerprint density at radius 3 is 2.92 bits per heavy atom. The molecule has 0 aliphatic heterocycles. The topological polar surface area (TPSA) is 48.2 Å². The maximum Gasteiger partial charge on any atom is 0.172 e. The summed E-state index contributed by atoms with van der Waals surface area (Å²) in [6, 6.07) is 3.54. The van der Waals surface area contributed by atoms with E-state index in [0.717, 1.165) is 11.3 Å². The highest BCUT2D eigenvalue weighted by Gasteiger charge is 2.07. The first kappa shape index (κ1) is 7.79. The second-order valence-corrected chi connectivity index (χ2v) is 2.45. The van der Waals surface area contributed by atoms with Crippen molar-refractivity contribution in [2.75, 3.05) is 7.11 Å². The molecule has 2 aromatic heterocycles. The summed E-state index contributed by atoms with van der Waals surface area (Å²) in [6.45, 7) is 0. The summed E-state index contributed by atoms with van der Waals surface area (Å²) in [5, 5.41) is 3.62. The molecule has 2 aromatic rings. The van der Waals surface area contributed by atoms with Crippen LogP contribution in [0.2, 0.25) is 0 Å². The van der Waals surface area contributed by atoms with Crippen LogP contribution >= 0.6 is 0 Å². The van der Waals surface area contributed by atoms with E-state index < -0.39 is 0 Å². The van der Waals surface area contributed by atoms with E-state index in [4.69, 9.17) is 9.26 Å². The van der Waals surface area contributed by atoms with Gasteiger partial charge in [0.1, 0.15) is 5.75 Å². The Balaban J connectivity index is 2.51. The van der Waals surface area contributed by atoms with E-state index >= 15 is 0 Å². The molecule has 0 spiro atoms. The summed E-state index contributed by atoms with van der Waals surface area (Å²) in [4.78, 5) is 3.98. The number of pyridine rings is 1. The van der Waals surface area contributed by atoms with Gasteiger partial charge < -0.3 is 9.26 Å². The summed E-state index contributed by atoms with van der Waals surface area (Å²) >= 11 is 0. The first-order chi connectivity index (χ1) is 6.42. The van der Waals surface area contributed by atoms with Crippen molar-refractivity contribution in [3.63, 3.8) is 0 Å². The molecule has 0 N–H and O–H groups in total. The highest BCUT2D eigenvalue weighted by atomic mass is 16.5. The molecule has 0 aromatic carbocycles. The van der Waals surface area contributed by atoms with Crippen LogP contribution in [0, 0.1) is 0 Å². The Bertz CT molecular complexity index is 384. The predicted molar refractivity (Wildman–Crippen MR) is 46.3 cm³/mol. The first-order valence-electron chi connectivity index (χ1n) is 3.81. The lowest BCUT2D eigenvalue weighted by molar-refractivity contribution is 0.405. The number of hydrogen-bond donors (Lipinski definition) is 0. The van der Waals surface area contributed by atoms with Crippen LogP contribution in [0.5, 0.6) is 5.75 Å². The molecular formula is C9H8N2O2. The molecule has 0 atom stereocenters. The largest absolute Gasteiger partial charge is 0.496 e. The monoisotopic (exact) mass is 176 g/mol. The van der Waals surface area contributed by atoms with Crippen molar-refractivity contribution in [3.05, 3.63) is 30.7 Å². The zero-order valence-electron chi connectivity index (χ0n) is 7.10. The summed E-state index contributed by atoms with van der Waals surface area (Å²) in [5.41, 5.74) is 0.808. The van der Waals surface area contributed by atoms with Gasteiger partial charge in [0.15, 0.2) is 5.76 Å². The predicted octanol–water partition coefficient (Wildman–Crippen LogP) is 1.75. The molecule has 0 saturated heterocycles. The van der Waals surface area contributed by atoms with E-state index in [1.165, 1.54) is 0 Å². The summed E-state index contributed by atoms with van der Waals surface area (Å²) < 4.78 is 10.1. The van der Waals surface area contributed by atoms with Crippen molar-refractivity contribution in [1.82, 2.24) is 10.1 Å². The number of nitrogens with zero attached hydrogens (tertiary/aromatic N) is 2. The fourth-order valence-corrected chi connectivity index (χ4v) is 1.10. The molecule has 66 valence electrons. The maximum atomic E-state index is 5.14. The third-order valence-corrected chi connectivity index (χ3v) is 1.70. The number of rotatable bonds is 2. The van der Waals surface area contributed by atoms with Crippen LogP contribution < -0.4 is 4.74 Å². The van der Waals surface area contributed by atoms with Gasteiger partial charge in [-0.25, -0.2) is 0 Å². The Kier molecular flexibility index (Phi) is 1.96. The zero-order chi connectivity index (χ0) is 9.10. The first-order valence-corrected chi connectivity index (χ1v) is 3.81. The van der Waals surface area contributed by atoms with Gasteiger partial charge in [0, 0.05) is 18.5 Å². The molecule has 2 rings (SSSR count). The molecule has 0 amide bonds. The van der Waals surface area contributed by atoms with Crippen LogP contribution in [0.15, 0.2) is 35.2 Å². The van der Waals surface area contributed by atoms with Gasteiger partial charge in [-0.15, -0.1) is 0 Å². The molecule has 0 aliphatic carbocycles. The van der Waals surface area contributed by atoms with Crippen LogP contribution in [0.3, 0.4) is 0 Å². The molecule has 4 heteroatoms. The van der Waals surface area contributed by atoms with Crippen LogP contribution in [-0.4, -0.2) is 17.3 Å². The SMILES string of the molecule is COc1ccncc1-c1ccno1. The van der Waals surface area contributed by atoms with Crippen molar-refractivity contribution in [2.24, 2.45) is 0 Å². The minimum absolute atomic E-state index is 0.657. The summed E-state index contributed by atoms with van der Waals surface area (Å²) in [7, 11) is 1.61. The van der Waals surface area contributed by atoms with Crippen LogP contribution in [0.25, 0.3) is 11.3 Å². The molecule has 0 unspecified atom stereocenters. The maximum absolute atomic E-state index is 5.14. The second-order valence-electron chi connectivity index (χ2n) is 2.45. The minimum Gasteiger partial charge on any atom is -0.496 e. The molecule has 0 saturated carbocycles. The third-order valence-electron chi connectivity index (χ3n) is 1.70. The van der Waals surface area contributed by atoms with Crippen LogP contribution in [-0.2, 0) is 0 Å². The standard InChI is InChI=1S/C9H8N2O2/c1-12-8-2-4-10-6-7(8)9-3-5-11-13-9/h2-6H,1H3. The lowest BCUT2D eigenvalue weighted by Gasteiger charge is -2.02. The lowest BCUT2D eigenvalue weighted by Crippen LogP contribution is -1.87. The van der Waals surface area contributed by atoms with E-state index in [2.05, 4.69) is 10.1 Å². The van der Waals surface area contributed by atoms with Gasteiger partial charge in [-0.05, 0) is 6.07 Å². The molecule has 0 bridgehead atoms. The zero-order valence-corrected chi connectivity index (χ0v) is 7.10. The van der Waals surface area contributed by atoms with Gasteiger partial charge in [0.05, 0.1) is 18.9 Å². The fourth-order valence-electron chi connectivity index (χ4n) is 1.10. The number of ether oxygens (including phenoxy) is 1. The molecule has 0 radical (unpaired) electrons.